The molecule has 2 aliphatic heterocycles. The van der Waals surface area contributed by atoms with Crippen LogP contribution in [0.3, 0.4) is 0 Å². The van der Waals surface area contributed by atoms with Crippen molar-refractivity contribution in [2.24, 2.45) is 0 Å². The highest BCUT2D eigenvalue weighted by Gasteiger charge is 2.41. The van der Waals surface area contributed by atoms with E-state index in [0.717, 1.165) is 56.0 Å². The smallest absolute Gasteiger partial charge is 0.160 e. The molecule has 0 saturated carbocycles. The van der Waals surface area contributed by atoms with Crippen LogP contribution in [0, 0.1) is 0 Å². The number of carbonyl (C=O) groups is 1. The van der Waals surface area contributed by atoms with E-state index in [2.05, 4.69) is 48.2 Å². The summed E-state index contributed by atoms with van der Waals surface area (Å²) >= 11 is 0. The SMILES string of the molecule is CCc1c(C(C)=O)ccc2c1OCCC21CCN(Cc2ccccc2)CC1. The number of nitrogens with zero attached hydrogens (tertiary/aromatic N) is 1. The molecule has 3 heteroatoms. The number of carbonyl (C=O) groups excluding carboxylic acids is 1. The van der Waals surface area contributed by atoms with Gasteiger partial charge >= 0.3 is 0 Å². The van der Waals surface area contributed by atoms with E-state index in [-0.39, 0.29) is 11.2 Å². The number of hydrogen-bond acceptors (Lipinski definition) is 3. The van der Waals surface area contributed by atoms with Crippen LogP contribution in [0.4, 0.5) is 0 Å². The number of piperidine rings is 1. The largest absolute Gasteiger partial charge is 0.493 e. The summed E-state index contributed by atoms with van der Waals surface area (Å²) < 4.78 is 6.12. The fraction of sp³-hybridized carbons (Fsp3) is 0.458. The highest BCUT2D eigenvalue weighted by molar-refractivity contribution is 5.96. The first kappa shape index (κ1) is 18.2. The average molecular weight is 364 g/mol. The van der Waals surface area contributed by atoms with E-state index in [1.807, 2.05) is 6.07 Å². The second kappa shape index (κ2) is 7.47. The Morgan fingerprint density at radius 2 is 1.81 bits per heavy atom. The van der Waals surface area contributed by atoms with Crippen molar-refractivity contribution in [3.05, 3.63) is 64.7 Å². The Bertz CT molecular complexity index is 820. The molecule has 1 fully saturated rings. The lowest BCUT2D eigenvalue weighted by molar-refractivity contribution is 0.101. The maximum atomic E-state index is 12.0. The van der Waals surface area contributed by atoms with Gasteiger partial charge in [0.1, 0.15) is 5.75 Å². The summed E-state index contributed by atoms with van der Waals surface area (Å²) in [5.74, 6) is 1.14. The second-order valence-corrected chi connectivity index (χ2v) is 8.02. The van der Waals surface area contributed by atoms with Gasteiger partial charge in [-0.25, -0.2) is 0 Å². The number of hydrogen-bond donors (Lipinski definition) is 0. The fourth-order valence-corrected chi connectivity index (χ4v) is 4.87. The Balaban J connectivity index is 1.57. The zero-order valence-corrected chi connectivity index (χ0v) is 16.5. The molecule has 3 nitrogen and oxygen atoms in total. The van der Waals surface area contributed by atoms with E-state index in [9.17, 15) is 4.79 Å². The zero-order valence-electron chi connectivity index (χ0n) is 16.5. The molecule has 1 spiro atoms. The van der Waals surface area contributed by atoms with Crippen LogP contribution in [-0.4, -0.2) is 30.4 Å². The zero-order chi connectivity index (χ0) is 18.9. The topological polar surface area (TPSA) is 29.5 Å². The van der Waals surface area contributed by atoms with Crippen LogP contribution in [0.15, 0.2) is 42.5 Å². The van der Waals surface area contributed by atoms with E-state index >= 15 is 0 Å². The lowest BCUT2D eigenvalue weighted by Crippen LogP contribution is -2.45. The summed E-state index contributed by atoms with van der Waals surface area (Å²) in [5.41, 5.74) is 4.87. The maximum Gasteiger partial charge on any atom is 0.160 e. The molecule has 0 amide bonds. The molecular weight excluding hydrogens is 334 g/mol. The third-order valence-electron chi connectivity index (χ3n) is 6.45. The third-order valence-corrected chi connectivity index (χ3v) is 6.45. The molecule has 2 aromatic rings. The van der Waals surface area contributed by atoms with Gasteiger partial charge in [-0.2, -0.15) is 0 Å². The molecule has 0 N–H and O–H groups in total. The number of Topliss-reactive ketones (excluding diaryl/α,β-unsaturated/α-hetero) is 1. The summed E-state index contributed by atoms with van der Waals surface area (Å²) in [6, 6.07) is 15.0. The summed E-state index contributed by atoms with van der Waals surface area (Å²) in [4.78, 5) is 14.6. The molecule has 0 atom stereocenters. The minimum absolute atomic E-state index is 0.135. The Morgan fingerprint density at radius 3 is 2.48 bits per heavy atom. The number of rotatable bonds is 4. The molecule has 2 aliphatic rings. The fourth-order valence-electron chi connectivity index (χ4n) is 4.87. The van der Waals surface area contributed by atoms with Gasteiger partial charge in [0.2, 0.25) is 0 Å². The monoisotopic (exact) mass is 363 g/mol. The summed E-state index contributed by atoms with van der Waals surface area (Å²) in [7, 11) is 0. The first-order valence-electron chi connectivity index (χ1n) is 10.2. The quantitative estimate of drug-likeness (QED) is 0.733. The number of ketones is 1. The molecule has 0 aliphatic carbocycles. The Kier molecular flexibility index (Phi) is 5.05. The van der Waals surface area contributed by atoms with Gasteiger partial charge in [0.05, 0.1) is 6.61 Å². The lowest BCUT2D eigenvalue weighted by atomic mass is 9.68. The molecule has 0 bridgehead atoms. The van der Waals surface area contributed by atoms with Gasteiger partial charge < -0.3 is 4.74 Å². The molecule has 4 rings (SSSR count). The van der Waals surface area contributed by atoms with Crippen LogP contribution in [0.25, 0.3) is 0 Å². The number of benzene rings is 2. The first-order chi connectivity index (χ1) is 13.1. The molecule has 142 valence electrons. The molecular formula is C24H29NO2. The normalized spacial score (nSPS) is 18.7. The third kappa shape index (κ3) is 3.41. The van der Waals surface area contributed by atoms with Crippen molar-refractivity contribution in [2.45, 2.75) is 51.5 Å². The van der Waals surface area contributed by atoms with Crippen LogP contribution in [-0.2, 0) is 18.4 Å². The number of likely N-dealkylation sites (tertiary alicyclic amines) is 1. The molecule has 2 heterocycles. The number of fused-ring (bicyclic) bond motifs is 2. The van der Waals surface area contributed by atoms with Crippen LogP contribution in [0.5, 0.6) is 5.75 Å². The maximum absolute atomic E-state index is 12.0. The van der Waals surface area contributed by atoms with Crippen molar-refractivity contribution in [2.75, 3.05) is 19.7 Å². The average Bonchev–Trinajstić information content (AvgIpc) is 2.70. The Labute approximate surface area is 162 Å². The molecule has 27 heavy (non-hydrogen) atoms. The highest BCUT2D eigenvalue weighted by Crippen LogP contribution is 2.48. The standard InChI is InChI=1S/C24H29NO2/c1-3-20-21(18(2)26)9-10-22-23(20)27-16-13-24(22)11-14-25(15-12-24)17-19-7-5-4-6-8-19/h4-10H,3,11-17H2,1-2H3. The van der Waals surface area contributed by atoms with Crippen LogP contribution in [0.1, 0.15) is 60.2 Å². The van der Waals surface area contributed by atoms with Gasteiger partial charge in [-0.3, -0.25) is 9.69 Å². The summed E-state index contributed by atoms with van der Waals surface area (Å²) in [6.45, 7) is 7.80. The van der Waals surface area contributed by atoms with E-state index < -0.39 is 0 Å². The highest BCUT2D eigenvalue weighted by atomic mass is 16.5. The van der Waals surface area contributed by atoms with Gasteiger partial charge in [0.15, 0.2) is 5.78 Å². The molecule has 0 radical (unpaired) electrons. The Morgan fingerprint density at radius 1 is 1.07 bits per heavy atom. The van der Waals surface area contributed by atoms with E-state index in [1.165, 1.54) is 24.0 Å². The predicted molar refractivity (Wildman–Crippen MR) is 109 cm³/mol. The Hall–Kier alpha value is -2.13. The predicted octanol–water partition coefficient (Wildman–Crippen LogP) is 4.77. The second-order valence-electron chi connectivity index (χ2n) is 8.02. The van der Waals surface area contributed by atoms with Gasteiger partial charge in [-0.1, -0.05) is 49.4 Å². The van der Waals surface area contributed by atoms with Crippen molar-refractivity contribution < 1.29 is 9.53 Å². The summed E-state index contributed by atoms with van der Waals surface area (Å²) in [6.07, 6.45) is 4.26. The van der Waals surface area contributed by atoms with Gasteiger partial charge in [0, 0.05) is 28.7 Å². The van der Waals surface area contributed by atoms with Crippen molar-refractivity contribution in [1.29, 1.82) is 0 Å². The minimum Gasteiger partial charge on any atom is -0.493 e. The van der Waals surface area contributed by atoms with Crippen LogP contribution in [0.2, 0.25) is 0 Å². The lowest BCUT2D eigenvalue weighted by Gasteiger charge is -2.45. The molecule has 1 saturated heterocycles. The van der Waals surface area contributed by atoms with Crippen molar-refractivity contribution in [3.8, 4) is 5.75 Å². The van der Waals surface area contributed by atoms with E-state index in [4.69, 9.17) is 4.74 Å². The first-order valence-corrected chi connectivity index (χ1v) is 10.2. The van der Waals surface area contributed by atoms with Gasteiger partial charge in [-0.05, 0) is 51.3 Å². The van der Waals surface area contributed by atoms with E-state index in [0.29, 0.717) is 0 Å². The summed E-state index contributed by atoms with van der Waals surface area (Å²) in [5, 5.41) is 0. The van der Waals surface area contributed by atoms with Crippen LogP contribution >= 0.6 is 0 Å². The van der Waals surface area contributed by atoms with Crippen molar-refractivity contribution in [1.82, 2.24) is 4.90 Å². The molecule has 2 aromatic carbocycles. The van der Waals surface area contributed by atoms with E-state index in [1.54, 1.807) is 6.92 Å². The van der Waals surface area contributed by atoms with Gasteiger partial charge in [0.25, 0.3) is 0 Å². The molecule has 0 unspecified atom stereocenters. The number of ether oxygens (including phenoxy) is 1. The minimum atomic E-state index is 0.135. The van der Waals surface area contributed by atoms with Crippen molar-refractivity contribution >= 4 is 5.78 Å². The molecule has 0 aromatic heterocycles. The van der Waals surface area contributed by atoms with Gasteiger partial charge in [-0.15, -0.1) is 0 Å². The van der Waals surface area contributed by atoms with Crippen molar-refractivity contribution in [3.63, 3.8) is 0 Å². The van der Waals surface area contributed by atoms with Crippen LogP contribution < -0.4 is 4.74 Å².